The third kappa shape index (κ3) is 16.8. The fourth-order valence-electron chi connectivity index (χ4n) is 6.37. The molecule has 2 nitrogen and oxygen atoms in total. The van der Waals surface area contributed by atoms with Crippen molar-refractivity contribution in [2.24, 2.45) is 0 Å². The molecule has 0 aliphatic heterocycles. The van der Waals surface area contributed by atoms with Crippen LogP contribution in [0.2, 0.25) is 0 Å². The summed E-state index contributed by atoms with van der Waals surface area (Å²) >= 11 is 0. The summed E-state index contributed by atoms with van der Waals surface area (Å²) in [5, 5.41) is 0. The lowest BCUT2D eigenvalue weighted by Gasteiger charge is -2.31. The van der Waals surface area contributed by atoms with Gasteiger partial charge >= 0.3 is 0 Å². The molecule has 0 aliphatic rings. The Morgan fingerprint density at radius 2 is 1.19 bits per heavy atom. The second kappa shape index (κ2) is 23.4. The van der Waals surface area contributed by atoms with Gasteiger partial charge in [-0.3, -0.25) is 0 Å². The highest BCUT2D eigenvalue weighted by atomic mass is 16.5. The van der Waals surface area contributed by atoms with Crippen molar-refractivity contribution in [1.82, 2.24) is 0 Å². The molecule has 2 heteroatoms. The van der Waals surface area contributed by atoms with Crippen molar-refractivity contribution < 1.29 is 9.47 Å². The lowest BCUT2D eigenvalue weighted by atomic mass is 9.76. The molecule has 0 saturated heterocycles. The van der Waals surface area contributed by atoms with Crippen molar-refractivity contribution in [2.45, 2.75) is 200 Å². The first kappa shape index (κ1) is 41.2. The van der Waals surface area contributed by atoms with Gasteiger partial charge in [-0.1, -0.05) is 163 Å². The van der Waals surface area contributed by atoms with Gasteiger partial charge < -0.3 is 9.47 Å². The van der Waals surface area contributed by atoms with Crippen LogP contribution < -0.4 is 9.47 Å². The lowest BCUT2D eigenvalue weighted by molar-refractivity contribution is 0.224. The normalized spacial score (nSPS) is 12.8. The third-order valence-electron chi connectivity index (χ3n) is 10.7. The number of ether oxygens (including phenoxy) is 2. The minimum atomic E-state index is -0.0275. The van der Waals surface area contributed by atoms with Crippen LogP contribution in [0.3, 0.4) is 0 Å². The molecule has 0 aromatic heterocycles. The van der Waals surface area contributed by atoms with E-state index >= 15 is 0 Å². The maximum atomic E-state index is 6.47. The molecule has 0 spiro atoms. The quantitative estimate of drug-likeness (QED) is 0.0856. The van der Waals surface area contributed by atoms with Crippen molar-refractivity contribution in [3.63, 3.8) is 0 Å². The second-order valence-corrected chi connectivity index (χ2v) is 15.6. The van der Waals surface area contributed by atoms with Crippen LogP contribution in [0.5, 0.6) is 11.5 Å². The molecule has 0 fully saturated rings. The number of hydrogen-bond donors (Lipinski definition) is 0. The van der Waals surface area contributed by atoms with Gasteiger partial charge in [-0.15, -0.1) is 0 Å². The van der Waals surface area contributed by atoms with Crippen molar-refractivity contribution in [3.8, 4) is 11.5 Å². The maximum absolute atomic E-state index is 6.47. The van der Waals surface area contributed by atoms with Gasteiger partial charge in [0.25, 0.3) is 0 Å². The number of unbranched alkanes of at least 4 members (excludes halogenated alkanes) is 15. The smallest absolute Gasteiger partial charge is 0.123 e. The Labute approximate surface area is 293 Å². The molecule has 2 rings (SSSR count). The van der Waals surface area contributed by atoms with E-state index < -0.39 is 0 Å². The van der Waals surface area contributed by atoms with E-state index in [1.54, 1.807) is 0 Å². The maximum Gasteiger partial charge on any atom is 0.123 e. The van der Waals surface area contributed by atoms with Crippen molar-refractivity contribution in [3.05, 3.63) is 66.1 Å². The summed E-state index contributed by atoms with van der Waals surface area (Å²) in [6.07, 6.45) is 27.2. The van der Waals surface area contributed by atoms with Crippen LogP contribution >= 0.6 is 0 Å². The van der Waals surface area contributed by atoms with Crippen LogP contribution in [0.15, 0.2) is 42.5 Å². The standard InChI is InChI=1S/C45H75O2/c1-9-12-13-14-15-16-17-18-19-20-21-22-26-30-39-31-28-32-41(36-39)46-35-27-24-23-25-29-38(4)47-43-34-33-40(44(5,6)10-2)37-42(43)45(7,8)11-3/h28,31-34,36-38H,4,9-27,29-30,35H2,1-3,5-8H3. The van der Waals surface area contributed by atoms with Gasteiger partial charge in [-0.05, 0) is 92.0 Å². The number of aryl methyl sites for hydroxylation is 1. The lowest BCUT2D eigenvalue weighted by Crippen LogP contribution is -2.22. The Morgan fingerprint density at radius 1 is 0.617 bits per heavy atom. The van der Waals surface area contributed by atoms with E-state index in [0.29, 0.717) is 0 Å². The van der Waals surface area contributed by atoms with Crippen LogP contribution in [-0.4, -0.2) is 12.7 Å². The molecule has 1 radical (unpaired) electrons. The summed E-state index contributed by atoms with van der Waals surface area (Å²) in [4.78, 5) is 0. The molecule has 0 amide bonds. The van der Waals surface area contributed by atoms with Gasteiger partial charge in [0.1, 0.15) is 11.5 Å². The molecule has 0 aliphatic carbocycles. The minimum Gasteiger partial charge on any atom is -0.494 e. The minimum absolute atomic E-state index is 0.0275. The van der Waals surface area contributed by atoms with Gasteiger partial charge in [-0.2, -0.15) is 0 Å². The van der Waals surface area contributed by atoms with Crippen LogP contribution in [0.4, 0.5) is 0 Å². The molecular weight excluding hydrogens is 572 g/mol. The van der Waals surface area contributed by atoms with Gasteiger partial charge in [0, 0.05) is 5.56 Å². The van der Waals surface area contributed by atoms with Gasteiger partial charge in [0.2, 0.25) is 0 Å². The van der Waals surface area contributed by atoms with E-state index in [2.05, 4.69) is 97.9 Å². The first-order valence-corrected chi connectivity index (χ1v) is 20.0. The van der Waals surface area contributed by atoms with Crippen molar-refractivity contribution in [1.29, 1.82) is 0 Å². The average Bonchev–Trinajstić information content (AvgIpc) is 3.06. The first-order valence-electron chi connectivity index (χ1n) is 20.0. The summed E-state index contributed by atoms with van der Waals surface area (Å²) in [6.45, 7) is 21.3. The second-order valence-electron chi connectivity index (χ2n) is 15.6. The summed E-state index contributed by atoms with van der Waals surface area (Å²) in [6, 6.07) is 15.6. The first-order chi connectivity index (χ1) is 22.6. The zero-order chi connectivity index (χ0) is 34.4. The molecule has 1 unspecified atom stereocenters. The molecule has 1 atom stereocenters. The van der Waals surface area contributed by atoms with Gasteiger partial charge in [0.05, 0.1) is 12.7 Å². The summed E-state index contributed by atoms with van der Waals surface area (Å²) < 4.78 is 12.6. The molecule has 0 bridgehead atoms. The van der Waals surface area contributed by atoms with E-state index in [1.807, 2.05) is 0 Å². The van der Waals surface area contributed by atoms with E-state index in [4.69, 9.17) is 9.47 Å². The fourth-order valence-corrected chi connectivity index (χ4v) is 6.37. The molecule has 2 aromatic rings. The Kier molecular flexibility index (Phi) is 20.5. The van der Waals surface area contributed by atoms with Crippen LogP contribution in [0, 0.1) is 6.92 Å². The average molecular weight is 648 g/mol. The fraction of sp³-hybridized carbons (Fsp3) is 0.711. The molecule has 2 aromatic carbocycles. The molecule has 0 saturated carbocycles. The summed E-state index contributed by atoms with van der Waals surface area (Å²) in [7, 11) is 0. The molecule has 0 N–H and O–H groups in total. The van der Waals surface area contributed by atoms with E-state index in [-0.39, 0.29) is 16.9 Å². The number of hydrogen-bond acceptors (Lipinski definition) is 2. The molecule has 267 valence electrons. The van der Waals surface area contributed by atoms with E-state index in [9.17, 15) is 0 Å². The highest BCUT2D eigenvalue weighted by Gasteiger charge is 2.27. The van der Waals surface area contributed by atoms with Gasteiger partial charge in [-0.25, -0.2) is 0 Å². The SMILES string of the molecule is [CH2]C(CCCCCCOc1cccc(CCCCCCCCCCCCCCC)c1)Oc1ccc(C(C)(C)CC)cc1C(C)(C)CC. The predicted octanol–water partition coefficient (Wildman–Crippen LogP) is 14.3. The molecule has 47 heavy (non-hydrogen) atoms. The topological polar surface area (TPSA) is 18.5 Å². The Morgan fingerprint density at radius 3 is 1.81 bits per heavy atom. The van der Waals surface area contributed by atoms with Crippen LogP contribution in [0.25, 0.3) is 0 Å². The molecule has 0 heterocycles. The zero-order valence-electron chi connectivity index (χ0n) is 32.2. The summed E-state index contributed by atoms with van der Waals surface area (Å²) in [5.74, 6) is 2.04. The van der Waals surface area contributed by atoms with E-state index in [1.165, 1.54) is 119 Å². The Balaban J connectivity index is 1.58. The Bertz CT molecular complexity index is 1070. The zero-order valence-corrected chi connectivity index (χ0v) is 32.2. The van der Waals surface area contributed by atoms with E-state index in [0.717, 1.165) is 50.2 Å². The number of rotatable bonds is 28. The van der Waals surface area contributed by atoms with Crippen molar-refractivity contribution in [2.75, 3.05) is 6.61 Å². The van der Waals surface area contributed by atoms with Gasteiger partial charge in [0.15, 0.2) is 0 Å². The monoisotopic (exact) mass is 648 g/mol. The number of benzene rings is 2. The highest BCUT2D eigenvalue weighted by Crippen LogP contribution is 2.39. The molecular formula is C45H75O2. The Hall–Kier alpha value is -1.96. The van der Waals surface area contributed by atoms with Crippen molar-refractivity contribution >= 4 is 0 Å². The van der Waals surface area contributed by atoms with Crippen LogP contribution in [0.1, 0.15) is 194 Å². The predicted molar refractivity (Wildman–Crippen MR) is 207 cm³/mol. The summed E-state index contributed by atoms with van der Waals surface area (Å²) in [5.41, 5.74) is 4.37. The van der Waals surface area contributed by atoms with Crippen LogP contribution in [-0.2, 0) is 17.3 Å². The largest absolute Gasteiger partial charge is 0.494 e. The highest BCUT2D eigenvalue weighted by molar-refractivity contribution is 5.44. The third-order valence-corrected chi connectivity index (χ3v) is 10.7.